The number of carbonyl (C=O) groups is 1. The fourth-order valence-electron chi connectivity index (χ4n) is 0.965. The Bertz CT molecular complexity index is 409. The molecule has 0 radical (unpaired) electrons. The molecule has 0 aromatic rings. The van der Waals surface area contributed by atoms with Crippen LogP contribution < -0.4 is 5.73 Å². The third-order valence-electron chi connectivity index (χ3n) is 1.57. The lowest BCUT2D eigenvalue weighted by molar-refractivity contribution is -0.402. The van der Waals surface area contributed by atoms with Crippen molar-refractivity contribution in [2.24, 2.45) is 0 Å². The van der Waals surface area contributed by atoms with Gasteiger partial charge >= 0.3 is 5.97 Å². The minimum Gasteiger partial charge on any atom is -0.460 e. The lowest BCUT2D eigenvalue weighted by Crippen LogP contribution is -2.60. The first-order chi connectivity index (χ1) is 7.42. The molecule has 0 bridgehead atoms. The Morgan fingerprint density at radius 2 is 1.94 bits per heavy atom. The SMILES string of the molecule is CC(C)(C)OC(=O)C[C@H]([NH3+])/C=C(\Cl)S(C)(=O)=O. The van der Waals surface area contributed by atoms with Gasteiger partial charge in [0.2, 0.25) is 0 Å². The van der Waals surface area contributed by atoms with Crippen LogP contribution >= 0.6 is 11.6 Å². The van der Waals surface area contributed by atoms with Crippen molar-refractivity contribution in [3.63, 3.8) is 0 Å². The summed E-state index contributed by atoms with van der Waals surface area (Å²) in [7, 11) is -3.43. The van der Waals surface area contributed by atoms with Gasteiger partial charge in [0.1, 0.15) is 22.4 Å². The number of halogens is 1. The molecule has 0 aliphatic carbocycles. The van der Waals surface area contributed by atoms with E-state index in [9.17, 15) is 13.2 Å². The van der Waals surface area contributed by atoms with Crippen LogP contribution in [-0.2, 0) is 19.4 Å². The summed E-state index contributed by atoms with van der Waals surface area (Å²) in [4.78, 5) is 11.4. The van der Waals surface area contributed by atoms with Crippen molar-refractivity contribution in [2.75, 3.05) is 6.26 Å². The van der Waals surface area contributed by atoms with Gasteiger partial charge in [-0.3, -0.25) is 4.79 Å². The Kier molecular flexibility index (Phi) is 5.64. The second-order valence-electron chi connectivity index (χ2n) is 4.79. The fraction of sp³-hybridized carbons (Fsp3) is 0.700. The molecule has 0 unspecified atom stereocenters. The van der Waals surface area contributed by atoms with Crippen LogP contribution in [0.4, 0.5) is 0 Å². The topological polar surface area (TPSA) is 88.1 Å². The summed E-state index contributed by atoms with van der Waals surface area (Å²) in [6.45, 7) is 5.26. The number of hydrogen-bond acceptors (Lipinski definition) is 4. The van der Waals surface area contributed by atoms with E-state index in [1.165, 1.54) is 6.08 Å². The molecule has 0 aromatic carbocycles. The van der Waals surface area contributed by atoms with E-state index in [4.69, 9.17) is 16.3 Å². The van der Waals surface area contributed by atoms with E-state index >= 15 is 0 Å². The van der Waals surface area contributed by atoms with Crippen LogP contribution in [0.3, 0.4) is 0 Å². The van der Waals surface area contributed by atoms with E-state index in [1.807, 2.05) is 0 Å². The zero-order valence-electron chi connectivity index (χ0n) is 10.5. The summed E-state index contributed by atoms with van der Waals surface area (Å²) >= 11 is 5.55. The summed E-state index contributed by atoms with van der Waals surface area (Å²) in [5.41, 5.74) is 3.07. The van der Waals surface area contributed by atoms with Gasteiger partial charge in [-0.25, -0.2) is 8.42 Å². The van der Waals surface area contributed by atoms with Gasteiger partial charge in [0.05, 0.1) is 0 Å². The number of ether oxygens (including phenoxy) is 1. The summed E-state index contributed by atoms with van der Waals surface area (Å²) in [5.74, 6) is -0.438. The van der Waals surface area contributed by atoms with Gasteiger partial charge in [0, 0.05) is 12.3 Å². The second kappa shape index (κ2) is 5.84. The van der Waals surface area contributed by atoms with Gasteiger partial charge in [-0.1, -0.05) is 11.6 Å². The maximum Gasteiger partial charge on any atom is 0.312 e. The first-order valence-corrected chi connectivity index (χ1v) is 7.31. The Hall–Kier alpha value is -0.590. The molecule has 0 amide bonds. The molecule has 0 saturated heterocycles. The van der Waals surface area contributed by atoms with Gasteiger partial charge in [-0.15, -0.1) is 0 Å². The number of quaternary nitrogens is 1. The van der Waals surface area contributed by atoms with Crippen LogP contribution in [0.1, 0.15) is 27.2 Å². The highest BCUT2D eigenvalue weighted by Crippen LogP contribution is 2.12. The molecule has 1 atom stereocenters. The van der Waals surface area contributed by atoms with E-state index in [2.05, 4.69) is 5.73 Å². The smallest absolute Gasteiger partial charge is 0.312 e. The van der Waals surface area contributed by atoms with Gasteiger partial charge < -0.3 is 10.5 Å². The largest absolute Gasteiger partial charge is 0.460 e. The molecule has 0 aliphatic rings. The second-order valence-corrected chi connectivity index (χ2v) is 7.41. The van der Waals surface area contributed by atoms with Crippen molar-refractivity contribution in [1.29, 1.82) is 0 Å². The zero-order chi connectivity index (χ0) is 13.9. The van der Waals surface area contributed by atoms with Crippen molar-refractivity contribution < 1.29 is 23.7 Å². The molecule has 0 rings (SSSR count). The van der Waals surface area contributed by atoms with E-state index in [0.29, 0.717) is 0 Å². The maximum absolute atomic E-state index is 11.4. The molecule has 0 aromatic heterocycles. The van der Waals surface area contributed by atoms with Gasteiger partial charge in [-0.2, -0.15) is 0 Å². The lowest BCUT2D eigenvalue weighted by Gasteiger charge is -2.19. The van der Waals surface area contributed by atoms with E-state index < -0.39 is 27.4 Å². The van der Waals surface area contributed by atoms with Crippen LogP contribution in [0.15, 0.2) is 10.4 Å². The van der Waals surface area contributed by atoms with Crippen LogP contribution in [0.25, 0.3) is 0 Å². The minimum atomic E-state index is -3.43. The number of hydrogen-bond donors (Lipinski definition) is 1. The summed E-state index contributed by atoms with van der Waals surface area (Å²) in [6, 6.07) is -0.535. The monoisotopic (exact) mass is 284 g/mol. The van der Waals surface area contributed by atoms with Gasteiger partial charge in [-0.05, 0) is 20.8 Å². The van der Waals surface area contributed by atoms with Crippen LogP contribution in [0.5, 0.6) is 0 Å². The van der Waals surface area contributed by atoms with Crippen LogP contribution in [0, 0.1) is 0 Å². The Morgan fingerprint density at radius 1 is 1.47 bits per heavy atom. The van der Waals surface area contributed by atoms with Crippen molar-refractivity contribution in [2.45, 2.75) is 38.8 Å². The fourth-order valence-corrected chi connectivity index (χ4v) is 1.58. The molecular formula is C10H19ClNO4S+. The molecule has 5 nitrogen and oxygen atoms in total. The Morgan fingerprint density at radius 3 is 2.29 bits per heavy atom. The average molecular weight is 285 g/mol. The normalized spacial score (nSPS) is 15.5. The summed E-state index contributed by atoms with van der Waals surface area (Å²) in [6.07, 6.45) is 2.22. The minimum absolute atomic E-state index is 0.0109. The maximum atomic E-state index is 11.4. The van der Waals surface area contributed by atoms with Crippen LogP contribution in [0.2, 0.25) is 0 Å². The third-order valence-corrected chi connectivity index (χ3v) is 3.38. The Labute approximate surface area is 107 Å². The zero-order valence-corrected chi connectivity index (χ0v) is 12.1. The van der Waals surface area contributed by atoms with Crippen molar-refractivity contribution in [3.05, 3.63) is 10.4 Å². The number of rotatable bonds is 4. The number of sulfone groups is 1. The predicted octanol–water partition coefficient (Wildman–Crippen LogP) is 0.454. The predicted molar refractivity (Wildman–Crippen MR) is 65.9 cm³/mol. The molecular weight excluding hydrogens is 266 g/mol. The molecule has 0 fully saturated rings. The van der Waals surface area contributed by atoms with Crippen LogP contribution in [-0.4, -0.2) is 32.3 Å². The Balaban J connectivity index is 4.48. The third kappa shape index (κ3) is 8.18. The number of esters is 1. The molecule has 3 N–H and O–H groups in total. The number of carbonyl (C=O) groups excluding carboxylic acids is 1. The summed E-state index contributed by atoms with van der Waals surface area (Å²) < 4.78 is 26.8. The first-order valence-electron chi connectivity index (χ1n) is 5.04. The quantitative estimate of drug-likeness (QED) is 0.760. The average Bonchev–Trinajstić information content (AvgIpc) is 1.96. The van der Waals surface area contributed by atoms with Crippen molar-refractivity contribution in [1.82, 2.24) is 0 Å². The van der Waals surface area contributed by atoms with E-state index in [0.717, 1.165) is 6.26 Å². The standard InChI is InChI=1S/C10H18ClNO4S/c1-10(2,3)16-9(13)6-7(12)5-8(11)17(4,14)15/h5,7H,6,12H2,1-4H3/p+1/b8-5+/t7-/m1/s1. The van der Waals surface area contributed by atoms with Gasteiger partial charge in [0.25, 0.3) is 0 Å². The molecule has 17 heavy (non-hydrogen) atoms. The molecule has 100 valence electrons. The highest BCUT2D eigenvalue weighted by atomic mass is 35.5. The molecule has 7 heteroatoms. The molecule has 0 heterocycles. The molecule has 0 spiro atoms. The molecule has 0 aliphatic heterocycles. The van der Waals surface area contributed by atoms with E-state index in [1.54, 1.807) is 20.8 Å². The highest BCUT2D eigenvalue weighted by molar-refractivity contribution is 7.96. The molecule has 0 saturated carbocycles. The summed E-state index contributed by atoms with van der Waals surface area (Å²) in [5, 5.41) is 0. The van der Waals surface area contributed by atoms with Crippen molar-refractivity contribution >= 4 is 27.4 Å². The highest BCUT2D eigenvalue weighted by Gasteiger charge is 2.20. The lowest BCUT2D eigenvalue weighted by atomic mass is 10.2. The van der Waals surface area contributed by atoms with E-state index in [-0.39, 0.29) is 10.8 Å². The van der Waals surface area contributed by atoms with Gasteiger partial charge in [0.15, 0.2) is 9.84 Å². The first kappa shape index (κ1) is 16.4. The van der Waals surface area contributed by atoms with Crippen molar-refractivity contribution in [3.8, 4) is 0 Å².